The maximum Gasteiger partial charge on any atom is 0.229 e. The Kier molecular flexibility index (Phi) is 5.83. The van der Waals surface area contributed by atoms with Crippen LogP contribution in [0.25, 0.3) is 0 Å². The molecule has 2 N–H and O–H groups in total. The first-order valence-corrected chi connectivity index (χ1v) is 9.67. The fourth-order valence-electron chi connectivity index (χ4n) is 2.79. The Balaban J connectivity index is 1.69. The molecule has 0 spiro atoms. The molecule has 0 aliphatic heterocycles. The van der Waals surface area contributed by atoms with Crippen molar-refractivity contribution in [3.05, 3.63) is 29.8 Å². The minimum absolute atomic E-state index is 0.199. The first kappa shape index (κ1) is 16.8. The SMILES string of the molecule is CS(=O)(=O)Nc1ccc(CCCNC(=O)C2CCCC2)cc1. The van der Waals surface area contributed by atoms with Gasteiger partial charge < -0.3 is 5.32 Å². The summed E-state index contributed by atoms with van der Waals surface area (Å²) >= 11 is 0. The third kappa shape index (κ3) is 5.67. The van der Waals surface area contributed by atoms with Crippen molar-refractivity contribution >= 4 is 21.6 Å². The fraction of sp³-hybridized carbons (Fsp3) is 0.562. The van der Waals surface area contributed by atoms with E-state index in [0.717, 1.165) is 37.5 Å². The van der Waals surface area contributed by atoms with Crippen LogP contribution in [0.4, 0.5) is 5.69 Å². The molecule has 0 bridgehead atoms. The van der Waals surface area contributed by atoms with Gasteiger partial charge in [0.25, 0.3) is 0 Å². The Hall–Kier alpha value is -1.56. The molecule has 0 atom stereocenters. The highest BCUT2D eigenvalue weighted by atomic mass is 32.2. The molecule has 0 unspecified atom stereocenters. The number of benzene rings is 1. The van der Waals surface area contributed by atoms with E-state index in [9.17, 15) is 13.2 Å². The van der Waals surface area contributed by atoms with Crippen molar-refractivity contribution in [2.24, 2.45) is 5.92 Å². The van der Waals surface area contributed by atoms with Gasteiger partial charge in [-0.25, -0.2) is 8.42 Å². The molecule has 2 rings (SSSR count). The predicted molar refractivity (Wildman–Crippen MR) is 88.2 cm³/mol. The van der Waals surface area contributed by atoms with Crippen LogP contribution in [0.3, 0.4) is 0 Å². The molecule has 0 heterocycles. The van der Waals surface area contributed by atoms with Gasteiger partial charge in [0, 0.05) is 18.2 Å². The molecule has 0 radical (unpaired) electrons. The predicted octanol–water partition coefficient (Wildman–Crippen LogP) is 2.30. The molecule has 0 aromatic heterocycles. The summed E-state index contributed by atoms with van der Waals surface area (Å²) in [6.07, 6.45) is 7.29. The van der Waals surface area contributed by atoms with Crippen LogP contribution >= 0.6 is 0 Å². The Morgan fingerprint density at radius 3 is 2.41 bits per heavy atom. The maximum absolute atomic E-state index is 11.9. The van der Waals surface area contributed by atoms with Gasteiger partial charge in [-0.3, -0.25) is 9.52 Å². The number of carbonyl (C=O) groups excluding carboxylic acids is 1. The van der Waals surface area contributed by atoms with E-state index in [-0.39, 0.29) is 11.8 Å². The van der Waals surface area contributed by atoms with E-state index in [2.05, 4.69) is 10.0 Å². The average Bonchev–Trinajstić information content (AvgIpc) is 2.97. The van der Waals surface area contributed by atoms with Crippen molar-refractivity contribution in [2.75, 3.05) is 17.5 Å². The molecule has 5 nitrogen and oxygen atoms in total. The smallest absolute Gasteiger partial charge is 0.229 e. The fourth-order valence-corrected chi connectivity index (χ4v) is 3.35. The first-order chi connectivity index (χ1) is 10.4. The van der Waals surface area contributed by atoms with Crippen LogP contribution in [0.5, 0.6) is 0 Å². The minimum Gasteiger partial charge on any atom is -0.356 e. The highest BCUT2D eigenvalue weighted by Crippen LogP contribution is 2.24. The zero-order valence-corrected chi connectivity index (χ0v) is 13.8. The monoisotopic (exact) mass is 324 g/mol. The van der Waals surface area contributed by atoms with Crippen molar-refractivity contribution in [1.29, 1.82) is 0 Å². The van der Waals surface area contributed by atoms with Crippen LogP contribution in [0.15, 0.2) is 24.3 Å². The van der Waals surface area contributed by atoms with Gasteiger partial charge in [0.2, 0.25) is 15.9 Å². The Bertz CT molecular complexity index is 590. The van der Waals surface area contributed by atoms with Crippen molar-refractivity contribution in [2.45, 2.75) is 38.5 Å². The Morgan fingerprint density at radius 1 is 1.18 bits per heavy atom. The second kappa shape index (κ2) is 7.63. The van der Waals surface area contributed by atoms with E-state index in [0.29, 0.717) is 12.2 Å². The number of hydrogen-bond donors (Lipinski definition) is 2. The van der Waals surface area contributed by atoms with Crippen LogP contribution in [0, 0.1) is 5.92 Å². The molecule has 1 fully saturated rings. The summed E-state index contributed by atoms with van der Waals surface area (Å²) < 4.78 is 24.7. The van der Waals surface area contributed by atoms with Crippen molar-refractivity contribution in [3.8, 4) is 0 Å². The zero-order valence-electron chi connectivity index (χ0n) is 13.0. The van der Waals surface area contributed by atoms with Crippen LogP contribution in [0.1, 0.15) is 37.7 Å². The normalized spacial score (nSPS) is 15.7. The number of anilines is 1. The van der Waals surface area contributed by atoms with E-state index in [4.69, 9.17) is 0 Å². The van der Waals surface area contributed by atoms with Gasteiger partial charge in [0.15, 0.2) is 0 Å². The van der Waals surface area contributed by atoms with Crippen molar-refractivity contribution < 1.29 is 13.2 Å². The number of nitrogens with one attached hydrogen (secondary N) is 2. The zero-order chi connectivity index (χ0) is 16.0. The second-order valence-corrected chi connectivity index (χ2v) is 7.70. The third-order valence-corrected chi connectivity index (χ3v) is 4.53. The first-order valence-electron chi connectivity index (χ1n) is 7.78. The molecule has 22 heavy (non-hydrogen) atoms. The second-order valence-electron chi connectivity index (χ2n) is 5.95. The number of amides is 1. The summed E-state index contributed by atoms with van der Waals surface area (Å²) in [5.41, 5.74) is 1.70. The quantitative estimate of drug-likeness (QED) is 0.756. The summed E-state index contributed by atoms with van der Waals surface area (Å²) in [6.45, 7) is 0.693. The van der Waals surface area contributed by atoms with E-state index in [1.165, 1.54) is 12.8 Å². The summed E-state index contributed by atoms with van der Waals surface area (Å²) in [6, 6.07) is 7.33. The lowest BCUT2D eigenvalue weighted by Crippen LogP contribution is -2.30. The molecule has 122 valence electrons. The van der Waals surface area contributed by atoms with Gasteiger partial charge >= 0.3 is 0 Å². The van der Waals surface area contributed by atoms with E-state index in [1.807, 2.05) is 12.1 Å². The van der Waals surface area contributed by atoms with E-state index < -0.39 is 10.0 Å². The van der Waals surface area contributed by atoms with Gasteiger partial charge in [-0.05, 0) is 43.4 Å². The lowest BCUT2D eigenvalue weighted by atomic mass is 10.1. The summed E-state index contributed by atoms with van der Waals surface area (Å²) in [5.74, 6) is 0.423. The lowest BCUT2D eigenvalue weighted by Gasteiger charge is -2.10. The molecule has 1 aromatic rings. The molecule has 1 amide bonds. The molecular formula is C16H24N2O3S. The summed E-state index contributed by atoms with van der Waals surface area (Å²) in [4.78, 5) is 11.9. The average molecular weight is 324 g/mol. The topological polar surface area (TPSA) is 75.3 Å². The van der Waals surface area contributed by atoms with Crippen LogP contribution in [-0.2, 0) is 21.2 Å². The van der Waals surface area contributed by atoms with E-state index in [1.54, 1.807) is 12.1 Å². The number of aryl methyl sites for hydroxylation is 1. The maximum atomic E-state index is 11.9. The van der Waals surface area contributed by atoms with E-state index >= 15 is 0 Å². The van der Waals surface area contributed by atoms with Crippen LogP contribution < -0.4 is 10.0 Å². The Morgan fingerprint density at radius 2 is 1.82 bits per heavy atom. The molecule has 1 saturated carbocycles. The molecule has 6 heteroatoms. The largest absolute Gasteiger partial charge is 0.356 e. The van der Waals surface area contributed by atoms with Gasteiger partial charge in [-0.2, -0.15) is 0 Å². The molecule has 1 aliphatic carbocycles. The highest BCUT2D eigenvalue weighted by Gasteiger charge is 2.21. The molecule has 1 aliphatic rings. The van der Waals surface area contributed by atoms with Crippen LogP contribution in [0.2, 0.25) is 0 Å². The molecule has 1 aromatic carbocycles. The molecule has 0 saturated heterocycles. The highest BCUT2D eigenvalue weighted by molar-refractivity contribution is 7.92. The number of carbonyl (C=O) groups is 1. The summed E-state index contributed by atoms with van der Waals surface area (Å²) in [5, 5.41) is 3.01. The van der Waals surface area contributed by atoms with Crippen molar-refractivity contribution in [1.82, 2.24) is 5.32 Å². The molecular weight excluding hydrogens is 300 g/mol. The third-order valence-electron chi connectivity index (χ3n) is 3.92. The lowest BCUT2D eigenvalue weighted by molar-refractivity contribution is -0.124. The van der Waals surface area contributed by atoms with Crippen LogP contribution in [-0.4, -0.2) is 27.1 Å². The number of rotatable bonds is 7. The van der Waals surface area contributed by atoms with Gasteiger partial charge in [0.05, 0.1) is 6.26 Å². The number of sulfonamides is 1. The van der Waals surface area contributed by atoms with Gasteiger partial charge in [-0.1, -0.05) is 25.0 Å². The van der Waals surface area contributed by atoms with Crippen molar-refractivity contribution in [3.63, 3.8) is 0 Å². The minimum atomic E-state index is -3.23. The van der Waals surface area contributed by atoms with Gasteiger partial charge in [-0.15, -0.1) is 0 Å². The standard InChI is InChI=1S/C16H24N2O3S/c1-22(20,21)18-15-10-8-13(9-11-15)5-4-12-17-16(19)14-6-2-3-7-14/h8-11,14,18H,2-7,12H2,1H3,(H,17,19). The Labute approximate surface area is 132 Å². The number of hydrogen-bond acceptors (Lipinski definition) is 3. The van der Waals surface area contributed by atoms with Gasteiger partial charge in [0.1, 0.15) is 0 Å². The summed E-state index contributed by atoms with van der Waals surface area (Å²) in [7, 11) is -3.23.